The molecule has 0 aliphatic carbocycles. The molecule has 12 heavy (non-hydrogen) atoms. The van der Waals surface area contributed by atoms with E-state index >= 15 is 0 Å². The third kappa shape index (κ3) is 2.50. The van der Waals surface area contributed by atoms with E-state index < -0.39 is 0 Å². The Balaban J connectivity index is 5.12. The van der Waals surface area contributed by atoms with Crippen LogP contribution in [-0.2, 0) is 0 Å². The molecule has 0 aromatic carbocycles. The highest BCUT2D eigenvalue weighted by molar-refractivity contribution is 5.99. The van der Waals surface area contributed by atoms with Gasteiger partial charge in [-0.15, -0.1) is 0 Å². The highest BCUT2D eigenvalue weighted by Crippen LogP contribution is 2.15. The van der Waals surface area contributed by atoms with Crippen molar-refractivity contribution in [1.29, 1.82) is 5.41 Å². The van der Waals surface area contributed by atoms with Gasteiger partial charge >= 0.3 is 0 Å². The van der Waals surface area contributed by atoms with Crippen LogP contribution in [0.3, 0.4) is 0 Å². The summed E-state index contributed by atoms with van der Waals surface area (Å²) in [5.41, 5.74) is 3.85. The minimum atomic E-state index is 0.573. The largest absolute Gasteiger partial charge is 0.305 e. The summed E-state index contributed by atoms with van der Waals surface area (Å²) in [5, 5.41) is 7.49. The minimum absolute atomic E-state index is 0.573. The summed E-state index contributed by atoms with van der Waals surface area (Å²) in [4.78, 5) is 0. The molecule has 0 spiro atoms. The molecular formula is C11H17N. The Morgan fingerprint density at radius 3 is 2.00 bits per heavy atom. The van der Waals surface area contributed by atoms with Crippen molar-refractivity contribution in [2.75, 3.05) is 0 Å². The second-order valence-corrected chi connectivity index (χ2v) is 2.84. The van der Waals surface area contributed by atoms with Crippen LogP contribution in [0.4, 0.5) is 0 Å². The molecule has 66 valence electrons. The molecule has 0 aromatic heterocycles. The molecule has 1 N–H and O–H groups in total. The maximum Gasteiger partial charge on any atom is 0.0357 e. The highest BCUT2D eigenvalue weighted by Gasteiger charge is 2.01. The maximum atomic E-state index is 7.49. The van der Waals surface area contributed by atoms with Crippen molar-refractivity contribution in [1.82, 2.24) is 0 Å². The SMILES string of the molecule is C=C/C(C(C)=N)=C(C)\C(C)=C/C. The molecule has 0 saturated carbocycles. The molecule has 1 nitrogen and oxygen atoms in total. The van der Waals surface area contributed by atoms with Crippen LogP contribution in [0.5, 0.6) is 0 Å². The van der Waals surface area contributed by atoms with Crippen molar-refractivity contribution in [2.24, 2.45) is 0 Å². The van der Waals surface area contributed by atoms with Crippen molar-refractivity contribution in [3.8, 4) is 0 Å². The Morgan fingerprint density at radius 1 is 1.25 bits per heavy atom. The summed E-state index contributed by atoms with van der Waals surface area (Å²) in [6, 6.07) is 0. The lowest BCUT2D eigenvalue weighted by molar-refractivity contribution is 1.29. The average molecular weight is 163 g/mol. The van der Waals surface area contributed by atoms with Gasteiger partial charge in [0.1, 0.15) is 0 Å². The van der Waals surface area contributed by atoms with Crippen LogP contribution in [-0.4, -0.2) is 5.71 Å². The third-order valence-electron chi connectivity index (χ3n) is 2.04. The van der Waals surface area contributed by atoms with E-state index in [1.807, 2.05) is 26.8 Å². The van der Waals surface area contributed by atoms with E-state index in [2.05, 4.69) is 6.58 Å². The van der Waals surface area contributed by atoms with E-state index in [0.29, 0.717) is 5.71 Å². The van der Waals surface area contributed by atoms with Crippen LogP contribution in [0.1, 0.15) is 27.7 Å². The van der Waals surface area contributed by atoms with Crippen LogP contribution >= 0.6 is 0 Å². The maximum absolute atomic E-state index is 7.49. The van der Waals surface area contributed by atoms with E-state index in [1.54, 1.807) is 13.0 Å². The second kappa shape index (κ2) is 4.70. The zero-order valence-corrected chi connectivity index (χ0v) is 8.36. The van der Waals surface area contributed by atoms with Crippen LogP contribution in [0.25, 0.3) is 0 Å². The number of allylic oxidation sites excluding steroid dienone is 5. The molecule has 0 atom stereocenters. The molecule has 0 saturated heterocycles. The Morgan fingerprint density at radius 2 is 1.75 bits per heavy atom. The van der Waals surface area contributed by atoms with E-state index in [4.69, 9.17) is 5.41 Å². The first-order chi connectivity index (χ1) is 5.54. The van der Waals surface area contributed by atoms with Gasteiger partial charge < -0.3 is 5.41 Å². The fourth-order valence-electron chi connectivity index (χ4n) is 1.02. The topological polar surface area (TPSA) is 23.9 Å². The van der Waals surface area contributed by atoms with Gasteiger partial charge in [0.15, 0.2) is 0 Å². The number of rotatable bonds is 3. The summed E-state index contributed by atoms with van der Waals surface area (Å²) in [6.45, 7) is 11.5. The molecule has 0 aliphatic heterocycles. The van der Waals surface area contributed by atoms with Crippen molar-refractivity contribution in [3.63, 3.8) is 0 Å². The Kier molecular flexibility index (Phi) is 4.27. The average Bonchev–Trinajstić information content (AvgIpc) is 2.03. The summed E-state index contributed by atoms with van der Waals surface area (Å²) in [6.07, 6.45) is 3.78. The quantitative estimate of drug-likeness (QED) is 0.486. The lowest BCUT2D eigenvalue weighted by atomic mass is 10.00. The van der Waals surface area contributed by atoms with E-state index in [9.17, 15) is 0 Å². The fourth-order valence-corrected chi connectivity index (χ4v) is 1.02. The zero-order chi connectivity index (χ0) is 9.72. The molecule has 0 fully saturated rings. The summed E-state index contributed by atoms with van der Waals surface area (Å²) >= 11 is 0. The van der Waals surface area contributed by atoms with Gasteiger partial charge in [-0.05, 0) is 38.8 Å². The minimum Gasteiger partial charge on any atom is -0.305 e. The first-order valence-corrected chi connectivity index (χ1v) is 4.06. The van der Waals surface area contributed by atoms with Gasteiger partial charge in [0.05, 0.1) is 0 Å². The van der Waals surface area contributed by atoms with Crippen LogP contribution in [0.2, 0.25) is 0 Å². The van der Waals surface area contributed by atoms with Crippen molar-refractivity contribution in [3.05, 3.63) is 35.5 Å². The second-order valence-electron chi connectivity index (χ2n) is 2.84. The van der Waals surface area contributed by atoms with E-state index in [1.165, 1.54) is 5.57 Å². The standard InChI is InChI=1S/C11H17N/c1-6-8(3)9(4)11(7-2)10(5)12/h6-7,12H,2H2,1,3-5H3/b8-6-,11-9+,12-10?. The van der Waals surface area contributed by atoms with Crippen molar-refractivity contribution < 1.29 is 0 Å². The lowest BCUT2D eigenvalue weighted by Gasteiger charge is -2.06. The smallest absolute Gasteiger partial charge is 0.0357 e. The molecule has 0 bridgehead atoms. The Bertz CT molecular complexity index is 254. The first-order valence-electron chi connectivity index (χ1n) is 4.06. The number of hydrogen-bond donors (Lipinski definition) is 1. The number of hydrogen-bond acceptors (Lipinski definition) is 1. The van der Waals surface area contributed by atoms with Gasteiger partial charge in [-0.2, -0.15) is 0 Å². The molecule has 0 unspecified atom stereocenters. The highest BCUT2D eigenvalue weighted by atomic mass is 14.4. The molecule has 0 rings (SSSR count). The van der Waals surface area contributed by atoms with Gasteiger partial charge in [0.25, 0.3) is 0 Å². The van der Waals surface area contributed by atoms with Crippen LogP contribution in [0.15, 0.2) is 35.5 Å². The Hall–Kier alpha value is -1.11. The predicted molar refractivity (Wildman–Crippen MR) is 55.7 cm³/mol. The van der Waals surface area contributed by atoms with Gasteiger partial charge in [0.2, 0.25) is 0 Å². The van der Waals surface area contributed by atoms with Crippen LogP contribution in [0, 0.1) is 5.41 Å². The summed E-state index contributed by atoms with van der Waals surface area (Å²) in [5.74, 6) is 0. The van der Waals surface area contributed by atoms with Gasteiger partial charge in [0, 0.05) is 5.71 Å². The molecule has 0 amide bonds. The lowest BCUT2D eigenvalue weighted by Crippen LogP contribution is -1.96. The normalized spacial score (nSPS) is 13.8. The van der Waals surface area contributed by atoms with Gasteiger partial charge in [-0.3, -0.25) is 0 Å². The zero-order valence-electron chi connectivity index (χ0n) is 8.36. The van der Waals surface area contributed by atoms with E-state index in [-0.39, 0.29) is 0 Å². The molecule has 0 aliphatic rings. The van der Waals surface area contributed by atoms with Gasteiger partial charge in [-0.25, -0.2) is 0 Å². The molecular weight excluding hydrogens is 146 g/mol. The number of nitrogens with one attached hydrogen (secondary N) is 1. The fraction of sp³-hybridized carbons (Fsp3) is 0.364. The third-order valence-corrected chi connectivity index (χ3v) is 2.04. The summed E-state index contributed by atoms with van der Waals surface area (Å²) < 4.78 is 0. The molecule has 1 heteroatoms. The molecule has 0 heterocycles. The first kappa shape index (κ1) is 10.9. The molecule has 0 radical (unpaired) electrons. The Labute approximate surface area is 75.0 Å². The predicted octanol–water partition coefficient (Wildman–Crippen LogP) is 3.49. The van der Waals surface area contributed by atoms with Crippen LogP contribution < -0.4 is 0 Å². The van der Waals surface area contributed by atoms with Gasteiger partial charge in [-0.1, -0.05) is 24.3 Å². The van der Waals surface area contributed by atoms with E-state index in [0.717, 1.165) is 11.1 Å². The summed E-state index contributed by atoms with van der Waals surface area (Å²) in [7, 11) is 0. The molecule has 0 aromatic rings. The van der Waals surface area contributed by atoms with Crippen molar-refractivity contribution in [2.45, 2.75) is 27.7 Å². The monoisotopic (exact) mass is 163 g/mol. The van der Waals surface area contributed by atoms with Crippen molar-refractivity contribution >= 4 is 5.71 Å².